The Hall–Kier alpha value is -3.13. The van der Waals surface area contributed by atoms with Crippen molar-refractivity contribution in [1.82, 2.24) is 19.4 Å². The van der Waals surface area contributed by atoms with Crippen LogP contribution in [-0.2, 0) is 4.79 Å². The van der Waals surface area contributed by atoms with E-state index in [4.69, 9.17) is 0 Å². The summed E-state index contributed by atoms with van der Waals surface area (Å²) in [6.45, 7) is 0. The minimum Gasteiger partial charge on any atom is -0.330 e. The Morgan fingerprint density at radius 2 is 2.00 bits per heavy atom. The zero-order valence-corrected chi connectivity index (χ0v) is 16.9. The number of fused-ring (bicyclic) bond motifs is 1. The number of benzene rings is 1. The molecule has 0 N–H and O–H groups in total. The topological polar surface area (TPSA) is 75.5 Å². The number of amides is 2. The first-order valence-corrected chi connectivity index (χ1v) is 10.2. The number of carbonyl (C=O) groups excluding carboxylic acids is 3. The van der Waals surface area contributed by atoms with Crippen LogP contribution in [0.25, 0.3) is 10.9 Å². The number of pyridine rings is 1. The number of rotatable bonds is 4. The van der Waals surface area contributed by atoms with E-state index in [0.717, 1.165) is 12.0 Å². The minimum absolute atomic E-state index is 0.169. The predicted molar refractivity (Wildman–Crippen MR) is 112 cm³/mol. The third-order valence-electron chi connectivity index (χ3n) is 5.00. The van der Waals surface area contributed by atoms with Gasteiger partial charge in [-0.25, -0.2) is 4.79 Å². The molecule has 3 aromatic rings. The average Bonchev–Trinajstić information content (AvgIpc) is 3.35. The van der Waals surface area contributed by atoms with Crippen molar-refractivity contribution in [3.05, 3.63) is 66.1 Å². The number of Topliss-reactive ketones (excluding diaryl/α,β-unsaturated/α-hetero) is 1. The van der Waals surface area contributed by atoms with E-state index < -0.39 is 6.04 Å². The van der Waals surface area contributed by atoms with Gasteiger partial charge in [0, 0.05) is 55.0 Å². The fraction of sp³-hybridized carbons (Fsp3) is 0.238. The number of aromatic nitrogens is 2. The van der Waals surface area contributed by atoms with E-state index in [9.17, 15) is 14.4 Å². The standard InChI is InChI=1S/C21H20N4O3S/c1-23(2)21(28)24-11-16(15-7-3-4-8-17(15)24)19(27)18-12-29-20(25(18)13-26)14-6-5-9-22-10-14/h3-11,13,18,20H,12H2,1-2H3. The van der Waals surface area contributed by atoms with Crippen LogP contribution in [0.5, 0.6) is 0 Å². The lowest BCUT2D eigenvalue weighted by Crippen LogP contribution is -2.38. The van der Waals surface area contributed by atoms with E-state index in [-0.39, 0.29) is 17.2 Å². The molecular weight excluding hydrogens is 388 g/mol. The van der Waals surface area contributed by atoms with Crippen LogP contribution < -0.4 is 0 Å². The van der Waals surface area contributed by atoms with E-state index in [1.807, 2.05) is 36.4 Å². The SMILES string of the molecule is CN(C)C(=O)n1cc(C(=O)C2CSC(c3cccnc3)N2C=O)c2ccccc21. The summed E-state index contributed by atoms with van der Waals surface area (Å²) in [5, 5.41) is 0.445. The van der Waals surface area contributed by atoms with Crippen molar-refractivity contribution in [3.63, 3.8) is 0 Å². The molecule has 1 saturated heterocycles. The van der Waals surface area contributed by atoms with Crippen LogP contribution in [0.4, 0.5) is 4.79 Å². The molecule has 0 spiro atoms. The summed E-state index contributed by atoms with van der Waals surface area (Å²) in [5.74, 6) is 0.315. The number of hydrogen-bond acceptors (Lipinski definition) is 5. The van der Waals surface area contributed by atoms with Crippen LogP contribution >= 0.6 is 11.8 Å². The number of thioether (sulfide) groups is 1. The second kappa shape index (κ2) is 7.71. The smallest absolute Gasteiger partial charge is 0.328 e. The molecule has 148 valence electrons. The van der Waals surface area contributed by atoms with Gasteiger partial charge in [-0.15, -0.1) is 11.8 Å². The molecule has 3 heterocycles. The van der Waals surface area contributed by atoms with Gasteiger partial charge in [-0.2, -0.15) is 0 Å². The molecule has 4 rings (SSSR count). The minimum atomic E-state index is -0.601. The van der Waals surface area contributed by atoms with Crippen molar-refractivity contribution in [2.24, 2.45) is 0 Å². The van der Waals surface area contributed by atoms with Crippen molar-refractivity contribution in [3.8, 4) is 0 Å². The van der Waals surface area contributed by atoms with Gasteiger partial charge < -0.3 is 9.80 Å². The van der Waals surface area contributed by atoms with E-state index in [2.05, 4.69) is 4.98 Å². The highest BCUT2D eigenvalue weighted by atomic mass is 32.2. The molecule has 2 unspecified atom stereocenters. The number of ketones is 1. The van der Waals surface area contributed by atoms with Gasteiger partial charge in [-0.3, -0.25) is 19.1 Å². The van der Waals surface area contributed by atoms with Gasteiger partial charge in [-0.1, -0.05) is 24.3 Å². The fourth-order valence-corrected chi connectivity index (χ4v) is 4.97. The highest BCUT2D eigenvalue weighted by molar-refractivity contribution is 7.99. The molecule has 0 radical (unpaired) electrons. The van der Waals surface area contributed by atoms with E-state index in [0.29, 0.717) is 22.2 Å². The lowest BCUT2D eigenvalue weighted by Gasteiger charge is -2.24. The lowest BCUT2D eigenvalue weighted by molar-refractivity contribution is -0.119. The number of hydrogen-bond donors (Lipinski definition) is 0. The first-order valence-electron chi connectivity index (χ1n) is 9.13. The van der Waals surface area contributed by atoms with Crippen molar-refractivity contribution in [1.29, 1.82) is 0 Å². The monoisotopic (exact) mass is 408 g/mol. The second-order valence-electron chi connectivity index (χ2n) is 7.01. The molecule has 1 aliphatic rings. The number of para-hydroxylation sites is 1. The summed E-state index contributed by atoms with van der Waals surface area (Å²) < 4.78 is 1.48. The summed E-state index contributed by atoms with van der Waals surface area (Å²) in [6, 6.07) is 10.2. The van der Waals surface area contributed by atoms with Crippen molar-refractivity contribution in [2.75, 3.05) is 19.8 Å². The van der Waals surface area contributed by atoms with Gasteiger partial charge in [0.1, 0.15) is 11.4 Å². The quantitative estimate of drug-likeness (QED) is 0.490. The van der Waals surface area contributed by atoms with E-state index in [1.165, 1.54) is 21.2 Å². The molecule has 29 heavy (non-hydrogen) atoms. The number of carbonyl (C=O) groups is 3. The molecule has 0 saturated carbocycles. The highest BCUT2D eigenvalue weighted by Crippen LogP contribution is 2.41. The molecule has 2 amide bonds. The van der Waals surface area contributed by atoms with Crippen LogP contribution in [0, 0.1) is 0 Å². The molecule has 1 fully saturated rings. The first kappa shape index (κ1) is 19.2. The summed E-state index contributed by atoms with van der Waals surface area (Å²) >= 11 is 1.53. The van der Waals surface area contributed by atoms with Crippen LogP contribution in [0.2, 0.25) is 0 Å². The normalized spacial score (nSPS) is 18.8. The predicted octanol–water partition coefficient (Wildman–Crippen LogP) is 3.02. The molecule has 2 aromatic heterocycles. The molecule has 8 heteroatoms. The van der Waals surface area contributed by atoms with Gasteiger partial charge in [0.05, 0.1) is 5.52 Å². The third-order valence-corrected chi connectivity index (χ3v) is 6.34. The molecule has 0 bridgehead atoms. The van der Waals surface area contributed by atoms with Crippen LogP contribution in [0.1, 0.15) is 21.3 Å². The Kier molecular flexibility index (Phi) is 5.10. The van der Waals surface area contributed by atoms with Gasteiger partial charge in [0.25, 0.3) is 0 Å². The molecule has 1 aliphatic heterocycles. The van der Waals surface area contributed by atoms with Gasteiger partial charge in [0.15, 0.2) is 5.78 Å². The first-order chi connectivity index (χ1) is 14.0. The molecule has 0 aliphatic carbocycles. The maximum atomic E-state index is 13.4. The maximum Gasteiger partial charge on any atom is 0.328 e. The Morgan fingerprint density at radius 1 is 1.21 bits per heavy atom. The van der Waals surface area contributed by atoms with Crippen molar-refractivity contribution >= 4 is 40.9 Å². The van der Waals surface area contributed by atoms with Gasteiger partial charge in [-0.05, 0) is 12.1 Å². The summed E-state index contributed by atoms with van der Waals surface area (Å²) in [6.07, 6.45) is 5.70. The van der Waals surface area contributed by atoms with Crippen LogP contribution in [0.15, 0.2) is 55.0 Å². The zero-order chi connectivity index (χ0) is 20.5. The van der Waals surface area contributed by atoms with Crippen molar-refractivity contribution in [2.45, 2.75) is 11.4 Å². The summed E-state index contributed by atoms with van der Waals surface area (Å²) in [5.41, 5.74) is 1.99. The highest BCUT2D eigenvalue weighted by Gasteiger charge is 2.39. The molecular formula is C21H20N4O3S. The average molecular weight is 408 g/mol. The van der Waals surface area contributed by atoms with Gasteiger partial charge in [0.2, 0.25) is 6.41 Å². The molecule has 2 atom stereocenters. The summed E-state index contributed by atoms with van der Waals surface area (Å²) in [7, 11) is 3.33. The Morgan fingerprint density at radius 3 is 2.69 bits per heavy atom. The maximum absolute atomic E-state index is 13.4. The van der Waals surface area contributed by atoms with E-state index in [1.54, 1.807) is 37.6 Å². The largest absolute Gasteiger partial charge is 0.330 e. The van der Waals surface area contributed by atoms with Crippen LogP contribution in [-0.4, -0.2) is 63.5 Å². The second-order valence-corrected chi connectivity index (χ2v) is 8.12. The zero-order valence-electron chi connectivity index (χ0n) is 16.1. The van der Waals surface area contributed by atoms with E-state index >= 15 is 0 Å². The fourth-order valence-electron chi connectivity index (χ4n) is 3.58. The Balaban J connectivity index is 1.72. The van der Waals surface area contributed by atoms with Crippen LogP contribution in [0.3, 0.4) is 0 Å². The Bertz CT molecular complexity index is 1080. The van der Waals surface area contributed by atoms with Gasteiger partial charge >= 0.3 is 6.03 Å². The molecule has 7 nitrogen and oxygen atoms in total. The summed E-state index contributed by atoms with van der Waals surface area (Å²) in [4.78, 5) is 45.0. The lowest BCUT2D eigenvalue weighted by atomic mass is 10.0. The Labute approximate surface area is 172 Å². The third kappa shape index (κ3) is 3.29. The van der Waals surface area contributed by atoms with Crippen molar-refractivity contribution < 1.29 is 14.4 Å². The molecule has 1 aromatic carbocycles. The number of nitrogens with zero attached hydrogens (tertiary/aromatic N) is 4.